The molecule has 0 fully saturated rings. The first kappa shape index (κ1) is 16.7. The highest BCUT2D eigenvalue weighted by molar-refractivity contribution is 6.04. The Hall–Kier alpha value is -3.15. The Bertz CT molecular complexity index is 931. The number of hydrogen-bond donors (Lipinski definition) is 1. The van der Waals surface area contributed by atoms with Crippen molar-refractivity contribution in [3.8, 4) is 11.4 Å². The van der Waals surface area contributed by atoms with Gasteiger partial charge in [-0.25, -0.2) is 4.68 Å². The fourth-order valence-electron chi connectivity index (χ4n) is 2.64. The van der Waals surface area contributed by atoms with Crippen LogP contribution in [0.5, 0.6) is 5.75 Å². The van der Waals surface area contributed by atoms with Gasteiger partial charge >= 0.3 is 0 Å². The molecule has 2 aromatic carbocycles. The van der Waals surface area contributed by atoms with Crippen molar-refractivity contribution in [3.63, 3.8) is 0 Å². The molecule has 6 nitrogen and oxygen atoms in total. The number of nitrogens with zero attached hydrogens (tertiary/aromatic N) is 3. The SMILES string of the molecule is COc1ccccc1-n1nnc(C(=O)Nc2cccc(C)c2C)c1C. The molecule has 0 radical (unpaired) electrons. The van der Waals surface area contributed by atoms with Crippen molar-refractivity contribution in [3.05, 3.63) is 65.0 Å². The Labute approximate surface area is 146 Å². The third-order valence-electron chi connectivity index (χ3n) is 4.28. The molecule has 0 atom stereocenters. The number of carbonyl (C=O) groups is 1. The van der Waals surface area contributed by atoms with Crippen molar-refractivity contribution >= 4 is 11.6 Å². The number of methoxy groups -OCH3 is 1. The van der Waals surface area contributed by atoms with Crippen LogP contribution in [0, 0.1) is 20.8 Å². The van der Waals surface area contributed by atoms with Crippen LogP contribution in [0.25, 0.3) is 5.69 Å². The van der Waals surface area contributed by atoms with E-state index in [2.05, 4.69) is 15.6 Å². The molecule has 0 spiro atoms. The smallest absolute Gasteiger partial charge is 0.278 e. The quantitative estimate of drug-likeness (QED) is 0.792. The molecule has 0 aliphatic rings. The Balaban J connectivity index is 1.93. The van der Waals surface area contributed by atoms with Crippen LogP contribution in [0.3, 0.4) is 0 Å². The van der Waals surface area contributed by atoms with Crippen LogP contribution in [0.15, 0.2) is 42.5 Å². The summed E-state index contributed by atoms with van der Waals surface area (Å²) in [5.41, 5.74) is 4.59. The zero-order valence-electron chi connectivity index (χ0n) is 14.7. The van der Waals surface area contributed by atoms with E-state index in [4.69, 9.17) is 4.74 Å². The number of carbonyl (C=O) groups excluding carboxylic acids is 1. The molecule has 128 valence electrons. The number of nitrogens with one attached hydrogen (secondary N) is 1. The van der Waals surface area contributed by atoms with Crippen molar-refractivity contribution < 1.29 is 9.53 Å². The normalized spacial score (nSPS) is 10.6. The summed E-state index contributed by atoms with van der Waals surface area (Å²) in [6, 6.07) is 13.3. The maximum atomic E-state index is 12.6. The molecule has 0 unspecified atom stereocenters. The monoisotopic (exact) mass is 336 g/mol. The van der Waals surface area contributed by atoms with Gasteiger partial charge in [0.05, 0.1) is 12.8 Å². The molecule has 0 saturated heterocycles. The Morgan fingerprint density at radius 3 is 2.60 bits per heavy atom. The number of rotatable bonds is 4. The zero-order chi connectivity index (χ0) is 18.0. The number of aryl methyl sites for hydroxylation is 1. The first-order chi connectivity index (χ1) is 12.0. The van der Waals surface area contributed by atoms with E-state index in [1.807, 2.05) is 63.2 Å². The van der Waals surface area contributed by atoms with Crippen LogP contribution in [0.1, 0.15) is 27.3 Å². The van der Waals surface area contributed by atoms with Gasteiger partial charge in [-0.1, -0.05) is 29.5 Å². The lowest BCUT2D eigenvalue weighted by atomic mass is 10.1. The predicted molar refractivity (Wildman–Crippen MR) is 96.5 cm³/mol. The highest BCUT2D eigenvalue weighted by Crippen LogP contribution is 2.24. The van der Waals surface area contributed by atoms with Crippen LogP contribution >= 0.6 is 0 Å². The Morgan fingerprint density at radius 1 is 1.08 bits per heavy atom. The van der Waals surface area contributed by atoms with Gasteiger partial charge in [0.2, 0.25) is 0 Å². The van der Waals surface area contributed by atoms with Crippen molar-refractivity contribution in [2.45, 2.75) is 20.8 Å². The van der Waals surface area contributed by atoms with Gasteiger partial charge in [-0.15, -0.1) is 5.10 Å². The van der Waals surface area contributed by atoms with Gasteiger partial charge in [0.15, 0.2) is 5.69 Å². The molecule has 1 N–H and O–H groups in total. The van der Waals surface area contributed by atoms with E-state index < -0.39 is 0 Å². The van der Waals surface area contributed by atoms with E-state index in [0.717, 1.165) is 22.5 Å². The second-order valence-electron chi connectivity index (χ2n) is 5.81. The van der Waals surface area contributed by atoms with Crippen molar-refractivity contribution in [1.29, 1.82) is 0 Å². The minimum atomic E-state index is -0.285. The van der Waals surface area contributed by atoms with Crippen LogP contribution < -0.4 is 10.1 Å². The van der Waals surface area contributed by atoms with Crippen molar-refractivity contribution in [2.24, 2.45) is 0 Å². The molecule has 6 heteroatoms. The summed E-state index contributed by atoms with van der Waals surface area (Å²) in [4.78, 5) is 12.6. The summed E-state index contributed by atoms with van der Waals surface area (Å²) in [5, 5.41) is 11.1. The van der Waals surface area contributed by atoms with Gasteiger partial charge in [0.25, 0.3) is 5.91 Å². The van der Waals surface area contributed by atoms with Gasteiger partial charge in [0.1, 0.15) is 11.4 Å². The van der Waals surface area contributed by atoms with E-state index in [1.54, 1.807) is 11.8 Å². The fourth-order valence-corrected chi connectivity index (χ4v) is 2.64. The standard InChI is InChI=1S/C19H20N4O2/c1-12-8-7-9-15(13(12)2)20-19(24)18-14(3)23(22-21-18)16-10-5-6-11-17(16)25-4/h5-11H,1-4H3,(H,20,24). The molecular weight excluding hydrogens is 316 g/mol. The number of para-hydroxylation sites is 2. The zero-order valence-corrected chi connectivity index (χ0v) is 14.7. The average Bonchev–Trinajstić information content (AvgIpc) is 3.00. The van der Waals surface area contributed by atoms with Crippen molar-refractivity contribution in [1.82, 2.24) is 15.0 Å². The number of benzene rings is 2. The summed E-state index contributed by atoms with van der Waals surface area (Å²) in [6.07, 6.45) is 0. The van der Waals surface area contributed by atoms with E-state index >= 15 is 0 Å². The molecule has 0 aliphatic heterocycles. The highest BCUT2D eigenvalue weighted by atomic mass is 16.5. The van der Waals surface area contributed by atoms with Crippen LogP contribution in [-0.2, 0) is 0 Å². The van der Waals surface area contributed by atoms with E-state index in [-0.39, 0.29) is 11.6 Å². The van der Waals surface area contributed by atoms with Crippen LogP contribution in [0.4, 0.5) is 5.69 Å². The maximum Gasteiger partial charge on any atom is 0.278 e. The highest BCUT2D eigenvalue weighted by Gasteiger charge is 2.19. The average molecular weight is 336 g/mol. The summed E-state index contributed by atoms with van der Waals surface area (Å²) < 4.78 is 6.97. The minimum absolute atomic E-state index is 0.284. The van der Waals surface area contributed by atoms with Crippen LogP contribution in [-0.4, -0.2) is 28.0 Å². The van der Waals surface area contributed by atoms with Gasteiger partial charge in [-0.05, 0) is 50.1 Å². The molecule has 1 heterocycles. The van der Waals surface area contributed by atoms with E-state index in [9.17, 15) is 4.79 Å². The van der Waals surface area contributed by atoms with Crippen LogP contribution in [0.2, 0.25) is 0 Å². The molecule has 25 heavy (non-hydrogen) atoms. The van der Waals surface area contributed by atoms with Gasteiger partial charge < -0.3 is 10.1 Å². The molecule has 1 amide bonds. The lowest BCUT2D eigenvalue weighted by Gasteiger charge is -2.10. The van der Waals surface area contributed by atoms with Gasteiger partial charge in [-0.3, -0.25) is 4.79 Å². The summed E-state index contributed by atoms with van der Waals surface area (Å²) >= 11 is 0. The topological polar surface area (TPSA) is 69.0 Å². The first-order valence-corrected chi connectivity index (χ1v) is 7.96. The number of aromatic nitrogens is 3. The largest absolute Gasteiger partial charge is 0.494 e. The molecule has 0 aliphatic carbocycles. The molecule has 0 bridgehead atoms. The fraction of sp³-hybridized carbons (Fsp3) is 0.211. The molecule has 0 saturated carbocycles. The molecule has 3 rings (SSSR count). The molecular formula is C19H20N4O2. The first-order valence-electron chi connectivity index (χ1n) is 7.96. The van der Waals surface area contributed by atoms with Gasteiger partial charge in [0, 0.05) is 5.69 Å². The Kier molecular flexibility index (Phi) is 4.52. The lowest BCUT2D eigenvalue weighted by molar-refractivity contribution is 0.102. The lowest BCUT2D eigenvalue weighted by Crippen LogP contribution is -2.15. The van der Waals surface area contributed by atoms with E-state index in [0.29, 0.717) is 11.4 Å². The third-order valence-corrected chi connectivity index (χ3v) is 4.28. The Morgan fingerprint density at radius 2 is 1.84 bits per heavy atom. The number of anilines is 1. The van der Waals surface area contributed by atoms with E-state index in [1.165, 1.54) is 0 Å². The summed E-state index contributed by atoms with van der Waals surface area (Å²) in [5.74, 6) is 0.379. The number of amides is 1. The number of ether oxygens (including phenoxy) is 1. The van der Waals surface area contributed by atoms with Crippen molar-refractivity contribution in [2.75, 3.05) is 12.4 Å². The molecule has 3 aromatic rings. The summed E-state index contributed by atoms with van der Waals surface area (Å²) in [7, 11) is 1.60. The number of hydrogen-bond acceptors (Lipinski definition) is 4. The maximum absolute atomic E-state index is 12.6. The second kappa shape index (κ2) is 6.76. The predicted octanol–water partition coefficient (Wildman–Crippen LogP) is 3.45. The minimum Gasteiger partial charge on any atom is -0.494 e. The second-order valence-corrected chi connectivity index (χ2v) is 5.81. The summed E-state index contributed by atoms with van der Waals surface area (Å²) in [6.45, 7) is 5.79. The van der Waals surface area contributed by atoms with Gasteiger partial charge in [-0.2, -0.15) is 0 Å². The molecule has 1 aromatic heterocycles. The third kappa shape index (κ3) is 3.10.